The molecule has 0 saturated carbocycles. The third-order valence-electron chi connectivity index (χ3n) is 2.51. The van der Waals surface area contributed by atoms with Gasteiger partial charge in [-0.05, 0) is 25.0 Å². The van der Waals surface area contributed by atoms with Crippen molar-refractivity contribution in [2.75, 3.05) is 13.1 Å². The highest BCUT2D eigenvalue weighted by molar-refractivity contribution is 6.36. The molecule has 0 bridgehead atoms. The fourth-order valence-corrected chi connectivity index (χ4v) is 2.18. The maximum absolute atomic E-state index is 13.4. The number of benzene rings is 1. The molecule has 0 heterocycles. The van der Waals surface area contributed by atoms with Crippen LogP contribution < -0.4 is 0 Å². The van der Waals surface area contributed by atoms with Crippen LogP contribution in [0.15, 0.2) is 12.1 Å². The number of hydrogen-bond donors (Lipinski definition) is 0. The van der Waals surface area contributed by atoms with Crippen LogP contribution in [0.3, 0.4) is 0 Å². The van der Waals surface area contributed by atoms with Gasteiger partial charge in [-0.1, -0.05) is 37.0 Å². The van der Waals surface area contributed by atoms with Crippen LogP contribution in [-0.4, -0.2) is 23.9 Å². The van der Waals surface area contributed by atoms with Gasteiger partial charge in [-0.2, -0.15) is 0 Å². The molecule has 1 aromatic rings. The van der Waals surface area contributed by atoms with Crippen molar-refractivity contribution in [2.24, 2.45) is 0 Å². The number of carbonyl (C=O) groups excluding carboxylic acids is 1. The molecule has 0 aliphatic carbocycles. The molecule has 18 heavy (non-hydrogen) atoms. The maximum Gasteiger partial charge on any atom is 0.255 e. The van der Waals surface area contributed by atoms with Gasteiger partial charge in [-0.15, -0.1) is 0 Å². The fourth-order valence-electron chi connectivity index (χ4n) is 1.71. The highest BCUT2D eigenvalue weighted by Crippen LogP contribution is 2.25. The monoisotopic (exact) mass is 291 g/mol. The minimum absolute atomic E-state index is 0.0749. The summed E-state index contributed by atoms with van der Waals surface area (Å²) in [5.41, 5.74) is 0.167. The van der Waals surface area contributed by atoms with Crippen LogP contribution in [0.5, 0.6) is 0 Å². The van der Waals surface area contributed by atoms with Gasteiger partial charge in [0.2, 0.25) is 0 Å². The molecule has 0 unspecified atom stereocenters. The second kappa shape index (κ2) is 6.95. The van der Waals surface area contributed by atoms with Gasteiger partial charge in [0.1, 0.15) is 5.82 Å². The molecule has 0 saturated heterocycles. The summed E-state index contributed by atoms with van der Waals surface area (Å²) in [5, 5.41) is 0.109. The van der Waals surface area contributed by atoms with Crippen molar-refractivity contribution in [1.82, 2.24) is 4.90 Å². The second-order valence-corrected chi connectivity index (χ2v) is 4.85. The highest BCUT2D eigenvalue weighted by Gasteiger charge is 2.19. The summed E-state index contributed by atoms with van der Waals surface area (Å²) in [6, 6.07) is 2.37. The lowest BCUT2D eigenvalue weighted by Gasteiger charge is -2.22. The van der Waals surface area contributed by atoms with Crippen LogP contribution in [0.25, 0.3) is 0 Å². The molecule has 0 fully saturated rings. The van der Waals surface area contributed by atoms with Crippen LogP contribution in [0.4, 0.5) is 4.39 Å². The van der Waals surface area contributed by atoms with E-state index in [0.717, 1.165) is 18.9 Å². The molecule has 0 aromatic heterocycles. The lowest BCUT2D eigenvalue weighted by atomic mass is 10.1. The molecule has 5 heteroatoms. The summed E-state index contributed by atoms with van der Waals surface area (Å²) < 4.78 is 13.4. The van der Waals surface area contributed by atoms with Gasteiger partial charge in [0.05, 0.1) is 15.6 Å². The molecule has 0 aliphatic heterocycles. The van der Waals surface area contributed by atoms with Crippen molar-refractivity contribution >= 4 is 29.1 Å². The largest absolute Gasteiger partial charge is 0.339 e. The molecule has 0 radical (unpaired) electrons. The smallest absolute Gasteiger partial charge is 0.255 e. The zero-order valence-electron chi connectivity index (χ0n) is 10.5. The number of amides is 1. The number of nitrogens with zero attached hydrogens (tertiary/aromatic N) is 1. The van der Waals surface area contributed by atoms with Gasteiger partial charge in [-0.3, -0.25) is 4.79 Å². The molecule has 1 rings (SSSR count). The number of carbonyl (C=O) groups is 1. The van der Waals surface area contributed by atoms with Crippen molar-refractivity contribution in [3.05, 3.63) is 33.6 Å². The number of rotatable bonds is 5. The average molecular weight is 292 g/mol. The van der Waals surface area contributed by atoms with Crippen LogP contribution >= 0.6 is 23.2 Å². The van der Waals surface area contributed by atoms with Gasteiger partial charge in [-0.25, -0.2) is 4.39 Å². The van der Waals surface area contributed by atoms with E-state index in [-0.39, 0.29) is 21.5 Å². The van der Waals surface area contributed by atoms with Crippen LogP contribution in [0.2, 0.25) is 10.0 Å². The predicted octanol–water partition coefficient (Wildman–Crippen LogP) is 4.39. The van der Waals surface area contributed by atoms with E-state index < -0.39 is 5.82 Å². The highest BCUT2D eigenvalue weighted by atomic mass is 35.5. The summed E-state index contributed by atoms with van der Waals surface area (Å²) >= 11 is 11.6. The van der Waals surface area contributed by atoms with E-state index in [0.29, 0.717) is 13.1 Å². The van der Waals surface area contributed by atoms with Crippen LogP contribution in [0, 0.1) is 5.82 Å². The first-order chi connectivity index (χ1) is 8.51. The van der Waals surface area contributed by atoms with Crippen molar-refractivity contribution in [3.63, 3.8) is 0 Å². The Kier molecular flexibility index (Phi) is 5.89. The first kappa shape index (κ1) is 15.3. The Morgan fingerprint density at radius 1 is 1.17 bits per heavy atom. The zero-order valence-corrected chi connectivity index (χ0v) is 12.0. The summed E-state index contributed by atoms with van der Waals surface area (Å²) in [4.78, 5) is 13.9. The van der Waals surface area contributed by atoms with Gasteiger partial charge in [0.25, 0.3) is 5.91 Å². The lowest BCUT2D eigenvalue weighted by molar-refractivity contribution is 0.0755. The van der Waals surface area contributed by atoms with Gasteiger partial charge in [0, 0.05) is 13.1 Å². The standard InChI is InChI=1S/C13H16Cl2FNO/c1-3-5-17(6-4-2)13(18)9-7-12(16)11(15)8-10(9)14/h7-8H,3-6H2,1-2H3. The molecule has 0 N–H and O–H groups in total. The van der Waals surface area contributed by atoms with Crippen molar-refractivity contribution in [3.8, 4) is 0 Å². The van der Waals surface area contributed by atoms with E-state index in [2.05, 4.69) is 0 Å². The third-order valence-corrected chi connectivity index (χ3v) is 3.12. The molecular weight excluding hydrogens is 276 g/mol. The van der Waals surface area contributed by atoms with Gasteiger partial charge >= 0.3 is 0 Å². The van der Waals surface area contributed by atoms with Crippen molar-refractivity contribution in [1.29, 1.82) is 0 Å². The Balaban J connectivity index is 3.04. The zero-order chi connectivity index (χ0) is 13.7. The Morgan fingerprint density at radius 3 is 2.22 bits per heavy atom. The van der Waals surface area contributed by atoms with Crippen molar-refractivity contribution in [2.45, 2.75) is 26.7 Å². The second-order valence-electron chi connectivity index (χ2n) is 4.04. The number of hydrogen-bond acceptors (Lipinski definition) is 1. The van der Waals surface area contributed by atoms with E-state index in [4.69, 9.17) is 23.2 Å². The van der Waals surface area contributed by atoms with E-state index >= 15 is 0 Å². The first-order valence-electron chi connectivity index (χ1n) is 5.95. The summed E-state index contributed by atoms with van der Waals surface area (Å²) in [5.74, 6) is -0.878. The fraction of sp³-hybridized carbons (Fsp3) is 0.462. The van der Waals surface area contributed by atoms with E-state index in [9.17, 15) is 9.18 Å². The third kappa shape index (κ3) is 3.59. The normalized spacial score (nSPS) is 10.5. The Morgan fingerprint density at radius 2 is 1.72 bits per heavy atom. The summed E-state index contributed by atoms with van der Waals surface area (Å²) in [6.45, 7) is 5.24. The Hall–Kier alpha value is -0.800. The molecule has 2 nitrogen and oxygen atoms in total. The minimum atomic E-state index is -0.627. The van der Waals surface area contributed by atoms with Gasteiger partial charge in [0.15, 0.2) is 0 Å². The molecule has 0 aliphatic rings. The molecule has 1 aromatic carbocycles. The summed E-state index contributed by atoms with van der Waals surface area (Å²) in [6.07, 6.45) is 1.69. The van der Waals surface area contributed by atoms with E-state index in [1.54, 1.807) is 4.90 Å². The maximum atomic E-state index is 13.4. The van der Waals surface area contributed by atoms with Crippen LogP contribution in [0.1, 0.15) is 37.0 Å². The summed E-state index contributed by atoms with van der Waals surface area (Å²) in [7, 11) is 0. The molecular formula is C13H16Cl2FNO. The molecule has 100 valence electrons. The SMILES string of the molecule is CCCN(CCC)C(=O)c1cc(F)c(Cl)cc1Cl. The topological polar surface area (TPSA) is 20.3 Å². The average Bonchev–Trinajstić information content (AvgIpc) is 2.33. The van der Waals surface area contributed by atoms with Crippen molar-refractivity contribution < 1.29 is 9.18 Å². The van der Waals surface area contributed by atoms with Gasteiger partial charge < -0.3 is 4.90 Å². The minimum Gasteiger partial charge on any atom is -0.339 e. The lowest BCUT2D eigenvalue weighted by Crippen LogP contribution is -2.32. The molecule has 0 atom stereocenters. The Bertz CT molecular complexity index is 431. The van der Waals surface area contributed by atoms with E-state index in [1.165, 1.54) is 6.07 Å². The number of halogens is 3. The predicted molar refractivity (Wildman–Crippen MR) is 72.9 cm³/mol. The van der Waals surface area contributed by atoms with Crippen LogP contribution in [-0.2, 0) is 0 Å². The molecule has 0 spiro atoms. The quantitative estimate of drug-likeness (QED) is 0.737. The van der Waals surface area contributed by atoms with E-state index in [1.807, 2.05) is 13.8 Å². The first-order valence-corrected chi connectivity index (χ1v) is 6.70. The Labute approximate surface area is 117 Å². The molecule has 1 amide bonds.